The van der Waals surface area contributed by atoms with Crippen LogP contribution in [0.2, 0.25) is 0 Å². The molecule has 0 aromatic heterocycles. The fourth-order valence-electron chi connectivity index (χ4n) is 2.45. The maximum absolute atomic E-state index is 11.7. The van der Waals surface area contributed by atoms with Crippen LogP contribution in [0.25, 0.3) is 0 Å². The van der Waals surface area contributed by atoms with Crippen molar-refractivity contribution < 1.29 is 4.79 Å². The standard InChI is InChI=1S/C14H28N2O/c1-9(2)12(10(3)4)8-16-14(17)7-13(15)11-5-6-11/h9-13H,5-8,15H2,1-4H3,(H,16,17). The monoisotopic (exact) mass is 240 g/mol. The van der Waals surface area contributed by atoms with Gasteiger partial charge < -0.3 is 11.1 Å². The van der Waals surface area contributed by atoms with Gasteiger partial charge in [0.2, 0.25) is 5.91 Å². The molecule has 0 aliphatic heterocycles. The van der Waals surface area contributed by atoms with E-state index in [2.05, 4.69) is 33.0 Å². The lowest BCUT2D eigenvalue weighted by Crippen LogP contribution is -2.37. The maximum Gasteiger partial charge on any atom is 0.221 e. The van der Waals surface area contributed by atoms with Crippen molar-refractivity contribution in [2.75, 3.05) is 6.54 Å². The van der Waals surface area contributed by atoms with Crippen LogP contribution in [0.5, 0.6) is 0 Å². The highest BCUT2D eigenvalue weighted by molar-refractivity contribution is 5.76. The van der Waals surface area contributed by atoms with E-state index in [1.165, 1.54) is 12.8 Å². The van der Waals surface area contributed by atoms with E-state index in [0.717, 1.165) is 6.54 Å². The van der Waals surface area contributed by atoms with Crippen molar-refractivity contribution in [2.24, 2.45) is 29.4 Å². The summed E-state index contributed by atoms with van der Waals surface area (Å²) < 4.78 is 0. The van der Waals surface area contributed by atoms with E-state index in [9.17, 15) is 4.79 Å². The summed E-state index contributed by atoms with van der Waals surface area (Å²) in [6, 6.07) is 0.0755. The van der Waals surface area contributed by atoms with Gasteiger partial charge in [-0.2, -0.15) is 0 Å². The molecule has 1 rings (SSSR count). The molecule has 0 bridgehead atoms. The minimum atomic E-state index is 0.0755. The second-order valence-corrected chi connectivity index (χ2v) is 6.16. The van der Waals surface area contributed by atoms with Crippen LogP contribution in [0.1, 0.15) is 47.0 Å². The molecule has 0 heterocycles. The summed E-state index contributed by atoms with van der Waals surface area (Å²) in [5, 5.41) is 3.04. The first-order valence-electron chi connectivity index (χ1n) is 6.94. The lowest BCUT2D eigenvalue weighted by molar-refractivity contribution is -0.121. The number of carbonyl (C=O) groups is 1. The zero-order valence-electron chi connectivity index (χ0n) is 11.7. The quantitative estimate of drug-likeness (QED) is 0.716. The van der Waals surface area contributed by atoms with Crippen LogP contribution in [-0.4, -0.2) is 18.5 Å². The Morgan fingerprint density at radius 2 is 1.76 bits per heavy atom. The highest BCUT2D eigenvalue weighted by Crippen LogP contribution is 2.32. The average molecular weight is 240 g/mol. The van der Waals surface area contributed by atoms with Crippen molar-refractivity contribution in [1.82, 2.24) is 5.32 Å². The molecule has 1 saturated carbocycles. The lowest BCUT2D eigenvalue weighted by atomic mass is 9.85. The molecule has 1 aliphatic rings. The van der Waals surface area contributed by atoms with Crippen molar-refractivity contribution >= 4 is 5.91 Å². The molecule has 1 amide bonds. The third kappa shape index (κ3) is 5.07. The molecule has 3 nitrogen and oxygen atoms in total. The normalized spacial score (nSPS) is 17.9. The Kier molecular flexibility index (Phi) is 5.44. The van der Waals surface area contributed by atoms with E-state index in [0.29, 0.717) is 30.1 Å². The molecule has 1 atom stereocenters. The second-order valence-electron chi connectivity index (χ2n) is 6.16. The van der Waals surface area contributed by atoms with Crippen molar-refractivity contribution in [3.05, 3.63) is 0 Å². The van der Waals surface area contributed by atoms with E-state index in [1.807, 2.05) is 0 Å². The molecule has 0 aromatic rings. The first-order chi connectivity index (χ1) is 7.91. The van der Waals surface area contributed by atoms with Crippen LogP contribution in [-0.2, 0) is 4.79 Å². The number of amides is 1. The Bertz CT molecular complexity index is 239. The van der Waals surface area contributed by atoms with E-state index < -0.39 is 0 Å². The summed E-state index contributed by atoms with van der Waals surface area (Å²) >= 11 is 0. The summed E-state index contributed by atoms with van der Waals surface area (Å²) in [6.07, 6.45) is 2.90. The summed E-state index contributed by atoms with van der Waals surface area (Å²) in [5.41, 5.74) is 5.95. The predicted octanol–water partition coefficient (Wildman–Crippen LogP) is 2.16. The fraction of sp³-hybridized carbons (Fsp3) is 0.929. The number of nitrogens with one attached hydrogen (secondary N) is 1. The highest BCUT2D eigenvalue weighted by atomic mass is 16.1. The van der Waals surface area contributed by atoms with E-state index >= 15 is 0 Å². The van der Waals surface area contributed by atoms with Crippen LogP contribution in [0.15, 0.2) is 0 Å². The van der Waals surface area contributed by atoms with Crippen molar-refractivity contribution in [1.29, 1.82) is 0 Å². The van der Waals surface area contributed by atoms with E-state index in [1.54, 1.807) is 0 Å². The number of hydrogen-bond donors (Lipinski definition) is 2. The fourth-order valence-corrected chi connectivity index (χ4v) is 2.45. The third-order valence-corrected chi connectivity index (χ3v) is 3.90. The van der Waals surface area contributed by atoms with Gasteiger partial charge in [-0.15, -0.1) is 0 Å². The molecule has 1 unspecified atom stereocenters. The van der Waals surface area contributed by atoms with E-state index in [4.69, 9.17) is 5.73 Å². The lowest BCUT2D eigenvalue weighted by Gasteiger charge is -2.25. The van der Waals surface area contributed by atoms with Gasteiger partial charge in [-0.25, -0.2) is 0 Å². The topological polar surface area (TPSA) is 55.1 Å². The molecular weight excluding hydrogens is 212 g/mol. The van der Waals surface area contributed by atoms with Gasteiger partial charge in [-0.1, -0.05) is 27.7 Å². The van der Waals surface area contributed by atoms with E-state index in [-0.39, 0.29) is 11.9 Å². The average Bonchev–Trinajstić information content (AvgIpc) is 2.99. The Morgan fingerprint density at radius 1 is 1.24 bits per heavy atom. The number of carbonyl (C=O) groups excluding carboxylic acids is 1. The Labute approximate surface area is 106 Å². The Balaban J connectivity index is 2.25. The van der Waals surface area contributed by atoms with Gasteiger partial charge in [0.05, 0.1) is 0 Å². The summed E-state index contributed by atoms with van der Waals surface area (Å²) in [6.45, 7) is 9.64. The zero-order chi connectivity index (χ0) is 13.0. The molecule has 100 valence electrons. The first kappa shape index (κ1) is 14.5. The van der Waals surface area contributed by atoms with Crippen LogP contribution >= 0.6 is 0 Å². The SMILES string of the molecule is CC(C)C(CNC(=O)CC(N)C1CC1)C(C)C. The van der Waals surface area contributed by atoms with Crippen LogP contribution in [0.4, 0.5) is 0 Å². The maximum atomic E-state index is 11.7. The van der Waals surface area contributed by atoms with Crippen molar-refractivity contribution in [2.45, 2.75) is 53.0 Å². The molecule has 0 saturated heterocycles. The first-order valence-corrected chi connectivity index (χ1v) is 6.94. The van der Waals surface area contributed by atoms with Crippen LogP contribution in [0.3, 0.4) is 0 Å². The number of nitrogens with two attached hydrogens (primary N) is 1. The zero-order valence-corrected chi connectivity index (χ0v) is 11.7. The van der Waals surface area contributed by atoms with Gasteiger partial charge in [0.25, 0.3) is 0 Å². The van der Waals surface area contributed by atoms with Gasteiger partial charge in [0.1, 0.15) is 0 Å². The summed E-state index contributed by atoms with van der Waals surface area (Å²) in [7, 11) is 0. The highest BCUT2D eigenvalue weighted by Gasteiger charge is 2.30. The molecule has 3 heteroatoms. The predicted molar refractivity (Wildman–Crippen MR) is 71.5 cm³/mol. The minimum Gasteiger partial charge on any atom is -0.356 e. The third-order valence-electron chi connectivity index (χ3n) is 3.90. The molecule has 17 heavy (non-hydrogen) atoms. The Morgan fingerprint density at radius 3 is 2.18 bits per heavy atom. The smallest absolute Gasteiger partial charge is 0.221 e. The van der Waals surface area contributed by atoms with Crippen LogP contribution < -0.4 is 11.1 Å². The van der Waals surface area contributed by atoms with Gasteiger partial charge in [0.15, 0.2) is 0 Å². The minimum absolute atomic E-state index is 0.0755. The molecule has 0 aromatic carbocycles. The van der Waals surface area contributed by atoms with Gasteiger partial charge in [-0.05, 0) is 36.5 Å². The van der Waals surface area contributed by atoms with Crippen molar-refractivity contribution in [3.8, 4) is 0 Å². The summed E-state index contributed by atoms with van der Waals surface area (Å²) in [5.74, 6) is 2.48. The van der Waals surface area contributed by atoms with Gasteiger partial charge in [0, 0.05) is 19.0 Å². The Hall–Kier alpha value is -0.570. The van der Waals surface area contributed by atoms with Crippen LogP contribution in [0, 0.1) is 23.7 Å². The number of rotatable bonds is 7. The molecule has 1 aliphatic carbocycles. The molecule has 0 radical (unpaired) electrons. The molecule has 0 spiro atoms. The van der Waals surface area contributed by atoms with Gasteiger partial charge >= 0.3 is 0 Å². The molecular formula is C14H28N2O. The summed E-state index contributed by atoms with van der Waals surface area (Å²) in [4.78, 5) is 11.7. The largest absolute Gasteiger partial charge is 0.356 e. The molecule has 3 N–H and O–H groups in total. The van der Waals surface area contributed by atoms with Crippen molar-refractivity contribution in [3.63, 3.8) is 0 Å². The van der Waals surface area contributed by atoms with Gasteiger partial charge in [-0.3, -0.25) is 4.79 Å². The molecule has 1 fully saturated rings. The number of hydrogen-bond acceptors (Lipinski definition) is 2. The second kappa shape index (κ2) is 6.39.